The Bertz CT molecular complexity index is 866. The zero-order chi connectivity index (χ0) is 20.6. The Morgan fingerprint density at radius 2 is 1.90 bits per heavy atom. The molecule has 0 radical (unpaired) electrons. The number of anilines is 1. The van der Waals surface area contributed by atoms with Crippen LogP contribution in [0.15, 0.2) is 42.5 Å². The fraction of sp³-hybridized carbons (Fsp3) is 0.364. The first kappa shape index (κ1) is 21.3. The number of rotatable bonds is 7. The third kappa shape index (κ3) is 6.03. The topological polar surface area (TPSA) is 70.7 Å². The number of hydrogen-bond acceptors (Lipinski definition) is 4. The summed E-state index contributed by atoms with van der Waals surface area (Å²) in [4.78, 5) is 27.1. The Hall–Kier alpha value is -2.41. The molecule has 0 bridgehead atoms. The lowest BCUT2D eigenvalue weighted by Gasteiger charge is -2.26. The first-order valence-electron chi connectivity index (χ1n) is 9.85. The Morgan fingerprint density at radius 3 is 2.62 bits per heavy atom. The van der Waals surface area contributed by atoms with Gasteiger partial charge in [-0.25, -0.2) is 0 Å². The molecule has 2 aromatic carbocycles. The van der Waals surface area contributed by atoms with E-state index >= 15 is 0 Å². The maximum Gasteiger partial charge on any atom is 0.255 e. The van der Waals surface area contributed by atoms with E-state index in [-0.39, 0.29) is 11.8 Å². The van der Waals surface area contributed by atoms with Crippen molar-refractivity contribution in [2.45, 2.75) is 19.9 Å². The fourth-order valence-electron chi connectivity index (χ4n) is 3.14. The Morgan fingerprint density at radius 1 is 1.10 bits per heavy atom. The molecule has 0 spiro atoms. The van der Waals surface area contributed by atoms with Crippen molar-refractivity contribution >= 4 is 29.1 Å². The predicted molar refractivity (Wildman–Crippen MR) is 115 cm³/mol. The molecule has 154 valence electrons. The van der Waals surface area contributed by atoms with Gasteiger partial charge in [0, 0.05) is 37.4 Å². The van der Waals surface area contributed by atoms with E-state index in [9.17, 15) is 9.59 Å². The molecule has 0 atom stereocenters. The van der Waals surface area contributed by atoms with Crippen LogP contribution in [0, 0.1) is 0 Å². The SMILES string of the molecule is CCCNC(=O)c1ccc(NC(=O)c2cccc(CN3CCOCC3)c2)cc1Cl. The van der Waals surface area contributed by atoms with Crippen LogP contribution in [-0.4, -0.2) is 49.6 Å². The summed E-state index contributed by atoms with van der Waals surface area (Å²) in [5.41, 5.74) is 2.61. The number of ether oxygens (including phenoxy) is 1. The number of benzene rings is 2. The van der Waals surface area contributed by atoms with Crippen molar-refractivity contribution in [3.05, 3.63) is 64.2 Å². The van der Waals surface area contributed by atoms with Gasteiger partial charge in [-0.1, -0.05) is 30.7 Å². The van der Waals surface area contributed by atoms with Gasteiger partial charge < -0.3 is 15.4 Å². The maximum atomic E-state index is 12.7. The number of nitrogens with one attached hydrogen (secondary N) is 2. The normalized spacial score (nSPS) is 14.4. The molecule has 0 aromatic heterocycles. The highest BCUT2D eigenvalue weighted by Gasteiger charge is 2.14. The molecule has 1 saturated heterocycles. The smallest absolute Gasteiger partial charge is 0.255 e. The molecule has 29 heavy (non-hydrogen) atoms. The minimum atomic E-state index is -0.217. The standard InChI is InChI=1S/C22H26ClN3O3/c1-2-8-24-22(28)19-7-6-18(14-20(19)23)25-21(27)17-5-3-4-16(13-17)15-26-9-11-29-12-10-26/h3-7,13-14H,2,8-12,15H2,1H3,(H,24,28)(H,25,27). The minimum Gasteiger partial charge on any atom is -0.379 e. The number of nitrogens with zero attached hydrogens (tertiary/aromatic N) is 1. The molecule has 1 aliphatic heterocycles. The van der Waals surface area contributed by atoms with Crippen LogP contribution in [0.4, 0.5) is 5.69 Å². The van der Waals surface area contributed by atoms with Crippen molar-refractivity contribution in [1.82, 2.24) is 10.2 Å². The number of carbonyl (C=O) groups excluding carboxylic acids is 2. The second-order valence-corrected chi connectivity index (χ2v) is 7.40. The van der Waals surface area contributed by atoms with Crippen molar-refractivity contribution < 1.29 is 14.3 Å². The lowest BCUT2D eigenvalue weighted by atomic mass is 10.1. The van der Waals surface area contributed by atoms with Gasteiger partial charge in [-0.05, 0) is 42.3 Å². The first-order chi connectivity index (χ1) is 14.1. The lowest BCUT2D eigenvalue weighted by Crippen LogP contribution is -2.35. The van der Waals surface area contributed by atoms with E-state index in [2.05, 4.69) is 15.5 Å². The molecule has 0 aliphatic carbocycles. The number of morpholine rings is 1. The summed E-state index contributed by atoms with van der Waals surface area (Å²) in [6.07, 6.45) is 0.849. The quantitative estimate of drug-likeness (QED) is 0.725. The summed E-state index contributed by atoms with van der Waals surface area (Å²) in [6, 6.07) is 12.5. The number of amides is 2. The van der Waals surface area contributed by atoms with Crippen LogP contribution in [0.3, 0.4) is 0 Å². The molecule has 3 rings (SSSR count). The van der Waals surface area contributed by atoms with Crippen molar-refractivity contribution in [3.63, 3.8) is 0 Å². The van der Waals surface area contributed by atoms with Gasteiger partial charge in [0.05, 0.1) is 23.8 Å². The highest BCUT2D eigenvalue weighted by atomic mass is 35.5. The van der Waals surface area contributed by atoms with Crippen LogP contribution < -0.4 is 10.6 Å². The van der Waals surface area contributed by atoms with Crippen LogP contribution in [0.2, 0.25) is 5.02 Å². The monoisotopic (exact) mass is 415 g/mol. The van der Waals surface area contributed by atoms with E-state index in [0.29, 0.717) is 28.4 Å². The van der Waals surface area contributed by atoms with Gasteiger partial charge in [0.2, 0.25) is 0 Å². The molecule has 1 heterocycles. The molecule has 2 amide bonds. The molecule has 2 N–H and O–H groups in total. The van der Waals surface area contributed by atoms with Gasteiger partial charge in [-0.2, -0.15) is 0 Å². The summed E-state index contributed by atoms with van der Waals surface area (Å²) in [5.74, 6) is -0.432. The molecule has 2 aromatic rings. The summed E-state index contributed by atoms with van der Waals surface area (Å²) in [6.45, 7) is 6.64. The number of carbonyl (C=O) groups is 2. The van der Waals surface area contributed by atoms with E-state index in [4.69, 9.17) is 16.3 Å². The average Bonchev–Trinajstić information content (AvgIpc) is 2.73. The highest BCUT2D eigenvalue weighted by Crippen LogP contribution is 2.22. The average molecular weight is 416 g/mol. The van der Waals surface area contributed by atoms with Crippen molar-refractivity contribution in [2.24, 2.45) is 0 Å². The van der Waals surface area contributed by atoms with Gasteiger partial charge >= 0.3 is 0 Å². The minimum absolute atomic E-state index is 0.215. The molecule has 1 aliphatic rings. The fourth-order valence-corrected chi connectivity index (χ4v) is 3.41. The molecular formula is C22H26ClN3O3. The van der Waals surface area contributed by atoms with E-state index < -0.39 is 0 Å². The van der Waals surface area contributed by atoms with Crippen LogP contribution in [-0.2, 0) is 11.3 Å². The van der Waals surface area contributed by atoms with Crippen LogP contribution >= 0.6 is 11.6 Å². The molecule has 7 heteroatoms. The molecule has 1 fully saturated rings. The van der Waals surface area contributed by atoms with Crippen molar-refractivity contribution in [2.75, 3.05) is 38.2 Å². The zero-order valence-corrected chi connectivity index (χ0v) is 17.3. The zero-order valence-electron chi connectivity index (χ0n) is 16.5. The Kier molecular flexibility index (Phi) is 7.63. The Balaban J connectivity index is 1.64. The van der Waals surface area contributed by atoms with E-state index in [1.807, 2.05) is 25.1 Å². The maximum absolute atomic E-state index is 12.7. The summed E-state index contributed by atoms with van der Waals surface area (Å²) >= 11 is 6.24. The third-order valence-electron chi connectivity index (χ3n) is 4.71. The van der Waals surface area contributed by atoms with Gasteiger partial charge in [-0.15, -0.1) is 0 Å². The van der Waals surface area contributed by atoms with E-state index in [1.54, 1.807) is 24.3 Å². The Labute approximate surface area is 176 Å². The lowest BCUT2D eigenvalue weighted by molar-refractivity contribution is 0.0342. The molecule has 0 unspecified atom stereocenters. The van der Waals surface area contributed by atoms with E-state index in [0.717, 1.165) is 44.8 Å². The number of halogens is 1. The van der Waals surface area contributed by atoms with Gasteiger partial charge in [0.15, 0.2) is 0 Å². The third-order valence-corrected chi connectivity index (χ3v) is 5.02. The summed E-state index contributed by atoms with van der Waals surface area (Å²) < 4.78 is 5.38. The summed E-state index contributed by atoms with van der Waals surface area (Å²) in [5, 5.41) is 5.95. The largest absolute Gasteiger partial charge is 0.379 e. The van der Waals surface area contributed by atoms with Crippen LogP contribution in [0.5, 0.6) is 0 Å². The predicted octanol–water partition coefficient (Wildman–Crippen LogP) is 3.56. The second-order valence-electron chi connectivity index (χ2n) is 6.99. The first-order valence-corrected chi connectivity index (χ1v) is 10.2. The molecule has 0 saturated carbocycles. The van der Waals surface area contributed by atoms with Crippen LogP contribution in [0.25, 0.3) is 0 Å². The second kappa shape index (κ2) is 10.4. The van der Waals surface area contributed by atoms with Crippen molar-refractivity contribution in [3.8, 4) is 0 Å². The molecule has 6 nitrogen and oxygen atoms in total. The van der Waals surface area contributed by atoms with Gasteiger partial charge in [0.1, 0.15) is 0 Å². The van der Waals surface area contributed by atoms with Gasteiger partial charge in [-0.3, -0.25) is 14.5 Å². The molecular weight excluding hydrogens is 390 g/mol. The van der Waals surface area contributed by atoms with Gasteiger partial charge in [0.25, 0.3) is 11.8 Å². The number of hydrogen-bond donors (Lipinski definition) is 2. The van der Waals surface area contributed by atoms with E-state index in [1.165, 1.54) is 0 Å². The van der Waals surface area contributed by atoms with Crippen LogP contribution in [0.1, 0.15) is 39.6 Å². The summed E-state index contributed by atoms with van der Waals surface area (Å²) in [7, 11) is 0. The highest BCUT2D eigenvalue weighted by molar-refractivity contribution is 6.34. The van der Waals surface area contributed by atoms with Crippen molar-refractivity contribution in [1.29, 1.82) is 0 Å².